The van der Waals surface area contributed by atoms with Crippen molar-refractivity contribution in [2.75, 3.05) is 37.6 Å². The van der Waals surface area contributed by atoms with Crippen molar-refractivity contribution >= 4 is 44.6 Å². The molecule has 3 heterocycles. The van der Waals surface area contributed by atoms with Crippen LogP contribution in [-0.2, 0) is 6.54 Å². The molecule has 7 heteroatoms. The highest BCUT2D eigenvalue weighted by Gasteiger charge is 2.20. The second-order valence-corrected chi connectivity index (χ2v) is 8.80. The van der Waals surface area contributed by atoms with Crippen molar-refractivity contribution in [1.29, 1.82) is 0 Å². The Hall–Kier alpha value is -1.80. The number of ketones is 1. The molecule has 1 saturated heterocycles. The SMILES string of the molecule is NCc1ccc(C(=O)CCCN2CCN(c3nsc4ccccc34)CC2)s1. The van der Waals surface area contributed by atoms with Crippen LogP contribution in [-0.4, -0.2) is 47.8 Å². The van der Waals surface area contributed by atoms with Crippen LogP contribution in [0.5, 0.6) is 0 Å². The molecule has 1 aliphatic rings. The van der Waals surface area contributed by atoms with Gasteiger partial charge in [-0.2, -0.15) is 4.37 Å². The van der Waals surface area contributed by atoms with E-state index in [0.29, 0.717) is 13.0 Å². The van der Waals surface area contributed by atoms with Crippen LogP contribution in [0.3, 0.4) is 0 Å². The summed E-state index contributed by atoms with van der Waals surface area (Å²) in [6, 6.07) is 12.3. The van der Waals surface area contributed by atoms with Crippen molar-refractivity contribution in [3.63, 3.8) is 0 Å². The van der Waals surface area contributed by atoms with E-state index < -0.39 is 0 Å². The van der Waals surface area contributed by atoms with Gasteiger partial charge >= 0.3 is 0 Å². The molecule has 0 saturated carbocycles. The molecule has 1 fully saturated rings. The lowest BCUT2D eigenvalue weighted by Gasteiger charge is -2.35. The van der Waals surface area contributed by atoms with Crippen LogP contribution in [0.25, 0.3) is 10.1 Å². The Bertz CT molecular complexity index is 911. The summed E-state index contributed by atoms with van der Waals surface area (Å²) < 4.78 is 5.92. The van der Waals surface area contributed by atoms with Crippen molar-refractivity contribution in [3.05, 3.63) is 46.2 Å². The number of benzene rings is 1. The van der Waals surface area contributed by atoms with E-state index in [9.17, 15) is 4.79 Å². The number of nitrogens with zero attached hydrogens (tertiary/aromatic N) is 3. The van der Waals surface area contributed by atoms with Crippen LogP contribution >= 0.6 is 22.9 Å². The Morgan fingerprint density at radius 3 is 2.70 bits per heavy atom. The zero-order valence-electron chi connectivity index (χ0n) is 15.3. The third kappa shape index (κ3) is 4.21. The van der Waals surface area contributed by atoms with E-state index in [2.05, 4.69) is 38.4 Å². The summed E-state index contributed by atoms with van der Waals surface area (Å²) in [4.78, 5) is 19.0. The van der Waals surface area contributed by atoms with Crippen LogP contribution in [0.2, 0.25) is 0 Å². The first-order valence-corrected chi connectivity index (χ1v) is 11.0. The van der Waals surface area contributed by atoms with Gasteiger partial charge in [0.25, 0.3) is 0 Å². The summed E-state index contributed by atoms with van der Waals surface area (Å²) in [5.41, 5.74) is 5.62. The van der Waals surface area contributed by atoms with Crippen molar-refractivity contribution in [2.45, 2.75) is 19.4 Å². The van der Waals surface area contributed by atoms with E-state index in [1.54, 1.807) is 11.5 Å². The molecule has 2 N–H and O–H groups in total. The smallest absolute Gasteiger partial charge is 0.172 e. The Morgan fingerprint density at radius 2 is 1.93 bits per heavy atom. The monoisotopic (exact) mass is 400 g/mol. The lowest BCUT2D eigenvalue weighted by atomic mass is 10.1. The summed E-state index contributed by atoms with van der Waals surface area (Å²) in [6.45, 7) is 5.52. The zero-order chi connectivity index (χ0) is 18.6. The maximum atomic E-state index is 12.3. The topological polar surface area (TPSA) is 62.5 Å². The molecule has 0 atom stereocenters. The van der Waals surface area contributed by atoms with E-state index in [4.69, 9.17) is 5.73 Å². The predicted molar refractivity (Wildman–Crippen MR) is 114 cm³/mol. The van der Waals surface area contributed by atoms with Gasteiger partial charge in [0.2, 0.25) is 0 Å². The number of carbonyl (C=O) groups is 1. The first kappa shape index (κ1) is 18.6. The van der Waals surface area contributed by atoms with Gasteiger partial charge in [0, 0.05) is 49.4 Å². The number of piperazine rings is 1. The van der Waals surface area contributed by atoms with Gasteiger partial charge in [-0.1, -0.05) is 12.1 Å². The van der Waals surface area contributed by atoms with Gasteiger partial charge < -0.3 is 10.6 Å². The first-order valence-electron chi connectivity index (χ1n) is 9.38. The number of fused-ring (bicyclic) bond motifs is 1. The van der Waals surface area contributed by atoms with Crippen molar-refractivity contribution in [1.82, 2.24) is 9.27 Å². The Balaban J connectivity index is 1.24. The maximum Gasteiger partial charge on any atom is 0.172 e. The lowest BCUT2D eigenvalue weighted by molar-refractivity contribution is 0.0978. The first-order chi connectivity index (χ1) is 13.2. The quantitative estimate of drug-likeness (QED) is 0.614. The molecule has 0 aliphatic carbocycles. The van der Waals surface area contributed by atoms with Crippen LogP contribution < -0.4 is 10.6 Å². The van der Waals surface area contributed by atoms with Crippen molar-refractivity contribution in [3.8, 4) is 0 Å². The van der Waals surface area contributed by atoms with Gasteiger partial charge in [-0.3, -0.25) is 9.69 Å². The molecule has 27 heavy (non-hydrogen) atoms. The number of aromatic nitrogens is 1. The van der Waals surface area contributed by atoms with Gasteiger partial charge in [0.15, 0.2) is 5.78 Å². The summed E-state index contributed by atoms with van der Waals surface area (Å²) in [6.07, 6.45) is 1.52. The highest BCUT2D eigenvalue weighted by molar-refractivity contribution is 7.14. The lowest BCUT2D eigenvalue weighted by Crippen LogP contribution is -2.46. The van der Waals surface area contributed by atoms with Crippen LogP contribution in [0, 0.1) is 0 Å². The van der Waals surface area contributed by atoms with E-state index in [1.165, 1.54) is 21.4 Å². The van der Waals surface area contributed by atoms with Crippen molar-refractivity contribution < 1.29 is 4.79 Å². The maximum absolute atomic E-state index is 12.3. The summed E-state index contributed by atoms with van der Waals surface area (Å²) in [5.74, 6) is 1.37. The van der Waals surface area contributed by atoms with Gasteiger partial charge in [-0.05, 0) is 48.8 Å². The number of rotatable bonds is 7. The number of thiophene rings is 1. The molecule has 3 aromatic rings. The standard InChI is InChI=1S/C20H24N4OS2/c21-14-15-7-8-19(26-15)17(25)5-3-9-23-10-12-24(13-11-23)20-16-4-1-2-6-18(16)27-22-20/h1-2,4,6-8H,3,5,9-14,21H2. The summed E-state index contributed by atoms with van der Waals surface area (Å²) in [7, 11) is 0. The Morgan fingerprint density at radius 1 is 1.11 bits per heavy atom. The molecule has 0 spiro atoms. The number of nitrogens with two attached hydrogens (primary N) is 1. The molecular formula is C20H24N4OS2. The molecule has 1 aromatic carbocycles. The predicted octanol–water partition coefficient (Wildman–Crippen LogP) is 3.60. The van der Waals surface area contributed by atoms with E-state index in [1.807, 2.05) is 12.1 Å². The largest absolute Gasteiger partial charge is 0.353 e. The number of hydrogen-bond acceptors (Lipinski definition) is 7. The molecule has 1 aliphatic heterocycles. The fourth-order valence-electron chi connectivity index (χ4n) is 3.51. The van der Waals surface area contributed by atoms with Gasteiger partial charge in [-0.25, -0.2) is 0 Å². The third-order valence-electron chi connectivity index (χ3n) is 5.05. The molecule has 2 aromatic heterocycles. The minimum atomic E-state index is 0.243. The zero-order valence-corrected chi connectivity index (χ0v) is 16.9. The molecule has 0 unspecified atom stereocenters. The molecule has 0 amide bonds. The van der Waals surface area contributed by atoms with Crippen LogP contribution in [0.15, 0.2) is 36.4 Å². The van der Waals surface area contributed by atoms with E-state index >= 15 is 0 Å². The fourth-order valence-corrected chi connectivity index (χ4v) is 5.16. The van der Waals surface area contributed by atoms with Crippen LogP contribution in [0.1, 0.15) is 27.4 Å². The third-order valence-corrected chi connectivity index (χ3v) is 7.01. The van der Waals surface area contributed by atoms with Gasteiger partial charge in [0.05, 0.1) is 9.58 Å². The summed E-state index contributed by atoms with van der Waals surface area (Å²) >= 11 is 3.10. The van der Waals surface area contributed by atoms with E-state index in [-0.39, 0.29) is 5.78 Å². The average molecular weight is 401 g/mol. The van der Waals surface area contributed by atoms with Crippen LogP contribution in [0.4, 0.5) is 5.82 Å². The average Bonchev–Trinajstić information content (AvgIpc) is 3.36. The number of hydrogen-bond donors (Lipinski definition) is 1. The highest BCUT2D eigenvalue weighted by Crippen LogP contribution is 2.29. The molecule has 0 radical (unpaired) electrons. The molecule has 5 nitrogen and oxygen atoms in total. The normalized spacial score (nSPS) is 15.5. The Labute approximate surface area is 167 Å². The second-order valence-electron chi connectivity index (χ2n) is 6.83. The highest BCUT2D eigenvalue weighted by atomic mass is 32.1. The molecule has 4 rings (SSSR count). The molecule has 142 valence electrons. The summed E-state index contributed by atoms with van der Waals surface area (Å²) in [5, 5.41) is 1.26. The number of carbonyl (C=O) groups excluding carboxylic acids is 1. The van der Waals surface area contributed by atoms with E-state index in [0.717, 1.165) is 54.7 Å². The molecule has 0 bridgehead atoms. The fraction of sp³-hybridized carbons (Fsp3) is 0.400. The molecular weight excluding hydrogens is 376 g/mol. The van der Waals surface area contributed by atoms with Gasteiger partial charge in [0.1, 0.15) is 5.82 Å². The number of anilines is 1. The number of Topliss-reactive ketones (excluding diaryl/α,β-unsaturated/α-hetero) is 1. The second kappa shape index (κ2) is 8.48. The minimum Gasteiger partial charge on any atom is -0.353 e. The minimum absolute atomic E-state index is 0.243. The Kier molecular flexibility index (Phi) is 5.83. The van der Waals surface area contributed by atoms with Crippen molar-refractivity contribution in [2.24, 2.45) is 5.73 Å². The van der Waals surface area contributed by atoms with Gasteiger partial charge in [-0.15, -0.1) is 11.3 Å².